The molecule has 0 aliphatic heterocycles. The third-order valence-corrected chi connectivity index (χ3v) is 12.1. The van der Waals surface area contributed by atoms with Crippen LogP contribution in [0.1, 0.15) is 111 Å². The Labute approximate surface area is 202 Å². The number of hydrogen-bond donors (Lipinski definition) is 2. The highest BCUT2D eigenvalue weighted by atomic mass is 16.3. The van der Waals surface area contributed by atoms with E-state index in [1.807, 2.05) is 6.92 Å². The van der Waals surface area contributed by atoms with E-state index in [2.05, 4.69) is 32.9 Å². The zero-order valence-corrected chi connectivity index (χ0v) is 21.6. The molecular weight excluding hydrogens is 406 g/mol. The zero-order valence-electron chi connectivity index (χ0n) is 21.6. The monoisotopic (exact) mass is 453 g/mol. The molecular formula is C30H47NO2. The van der Waals surface area contributed by atoms with Crippen molar-refractivity contribution in [2.75, 3.05) is 0 Å². The van der Waals surface area contributed by atoms with Crippen molar-refractivity contribution in [1.82, 2.24) is 0 Å². The predicted molar refractivity (Wildman–Crippen MR) is 132 cm³/mol. The lowest BCUT2D eigenvalue weighted by atomic mass is 9.46. The molecule has 0 bridgehead atoms. The Morgan fingerprint density at radius 2 is 1.79 bits per heavy atom. The summed E-state index contributed by atoms with van der Waals surface area (Å²) < 4.78 is 0. The largest absolute Gasteiger partial charge is 0.391 e. The van der Waals surface area contributed by atoms with Gasteiger partial charge in [0.15, 0.2) is 0 Å². The summed E-state index contributed by atoms with van der Waals surface area (Å²) in [6.45, 7) is 9.59. The minimum absolute atomic E-state index is 0.300. The minimum Gasteiger partial charge on any atom is -0.391 e. The average Bonchev–Trinajstić information content (AvgIpc) is 3.09. The number of rotatable bonds is 5. The summed E-state index contributed by atoms with van der Waals surface area (Å²) in [5.41, 5.74) is 1.34. The summed E-state index contributed by atoms with van der Waals surface area (Å²) in [6.07, 6.45) is 16.4. The topological polar surface area (TPSA) is 64.2 Å². The number of aliphatic hydroxyl groups excluding tert-OH is 1. The summed E-state index contributed by atoms with van der Waals surface area (Å²) in [6, 6.07) is 2.45. The molecule has 5 aliphatic rings. The standard InChI is InChI=1S/C30H47NO2/c1-20(6-11-26(32)30(19-31)13-5-14-30)23-9-10-24-22-8-7-21-18-27(2,33)16-17-28(21,3)25(22)12-15-29(23,24)4/h7,20,22-26,32-33H,5-6,8-18H2,1-4H3/t20-,22+,23-,24+,25+,26-,27+,28+,29-/m1/s1. The van der Waals surface area contributed by atoms with Crippen molar-refractivity contribution in [2.45, 2.75) is 123 Å². The molecule has 184 valence electrons. The van der Waals surface area contributed by atoms with Crippen LogP contribution in [0.2, 0.25) is 0 Å². The number of allylic oxidation sites excluding steroid dienone is 1. The van der Waals surface area contributed by atoms with Crippen LogP contribution >= 0.6 is 0 Å². The molecule has 3 heteroatoms. The van der Waals surface area contributed by atoms with Gasteiger partial charge in [0, 0.05) is 0 Å². The minimum atomic E-state index is -0.510. The van der Waals surface area contributed by atoms with E-state index in [1.54, 1.807) is 5.57 Å². The second kappa shape index (κ2) is 8.09. The lowest BCUT2D eigenvalue weighted by Gasteiger charge is -2.59. The molecule has 0 aromatic carbocycles. The first-order valence-corrected chi connectivity index (χ1v) is 14.1. The van der Waals surface area contributed by atoms with Gasteiger partial charge in [-0.1, -0.05) is 38.8 Å². The number of fused-ring (bicyclic) bond motifs is 5. The summed E-state index contributed by atoms with van der Waals surface area (Å²) >= 11 is 0. The van der Waals surface area contributed by atoms with E-state index < -0.39 is 17.1 Å². The number of aliphatic hydroxyl groups is 2. The van der Waals surface area contributed by atoms with Crippen molar-refractivity contribution in [1.29, 1.82) is 5.26 Å². The van der Waals surface area contributed by atoms with Gasteiger partial charge in [-0.2, -0.15) is 5.26 Å². The van der Waals surface area contributed by atoms with E-state index in [0.717, 1.165) is 75.0 Å². The Kier molecular flexibility index (Phi) is 5.85. The third kappa shape index (κ3) is 3.65. The third-order valence-electron chi connectivity index (χ3n) is 12.1. The average molecular weight is 454 g/mol. The van der Waals surface area contributed by atoms with Gasteiger partial charge in [0.2, 0.25) is 0 Å². The van der Waals surface area contributed by atoms with Crippen LogP contribution in [0.5, 0.6) is 0 Å². The van der Waals surface area contributed by atoms with E-state index >= 15 is 0 Å². The van der Waals surface area contributed by atoms with Gasteiger partial charge in [-0.3, -0.25) is 0 Å². The highest BCUT2D eigenvalue weighted by Gasteiger charge is 2.59. The summed E-state index contributed by atoms with van der Waals surface area (Å²) in [5.74, 6) is 3.79. The van der Waals surface area contributed by atoms with Crippen LogP contribution in [0.4, 0.5) is 0 Å². The molecule has 0 heterocycles. The molecule has 3 nitrogen and oxygen atoms in total. The maximum Gasteiger partial charge on any atom is 0.0832 e. The first-order valence-electron chi connectivity index (χ1n) is 14.1. The quantitative estimate of drug-likeness (QED) is 0.451. The van der Waals surface area contributed by atoms with E-state index in [1.165, 1.54) is 32.1 Å². The molecule has 5 rings (SSSR count). The van der Waals surface area contributed by atoms with Gasteiger partial charge in [-0.15, -0.1) is 0 Å². The normalized spacial score (nSPS) is 47.7. The molecule has 0 unspecified atom stereocenters. The Morgan fingerprint density at radius 1 is 1.03 bits per heavy atom. The molecule has 0 spiro atoms. The fraction of sp³-hybridized carbons (Fsp3) is 0.900. The van der Waals surface area contributed by atoms with Gasteiger partial charge in [-0.05, 0) is 124 Å². The zero-order chi connectivity index (χ0) is 23.6. The van der Waals surface area contributed by atoms with Crippen LogP contribution in [0.3, 0.4) is 0 Å². The molecule has 0 aromatic heterocycles. The maximum atomic E-state index is 10.8. The van der Waals surface area contributed by atoms with Crippen LogP contribution in [-0.2, 0) is 0 Å². The maximum absolute atomic E-state index is 10.8. The van der Waals surface area contributed by atoms with E-state index in [-0.39, 0.29) is 0 Å². The lowest BCUT2D eigenvalue weighted by Crippen LogP contribution is -2.52. The van der Waals surface area contributed by atoms with Crippen molar-refractivity contribution in [3.63, 3.8) is 0 Å². The van der Waals surface area contributed by atoms with Crippen LogP contribution in [0.15, 0.2) is 11.6 Å². The van der Waals surface area contributed by atoms with Crippen LogP contribution in [0, 0.1) is 57.2 Å². The second-order valence-corrected chi connectivity index (χ2v) is 13.9. The number of hydrogen-bond acceptors (Lipinski definition) is 3. The first-order chi connectivity index (χ1) is 15.5. The SMILES string of the molecule is C[C@H](CC[C@@H](O)C1(C#N)CCC1)[C@H]1CC[C@H]2[C@@H]3CC=C4C[C@@](C)(O)CC[C@]4(C)[C@H]3CC[C@]12C. The molecule has 4 saturated carbocycles. The van der Waals surface area contributed by atoms with E-state index in [4.69, 9.17) is 0 Å². The number of nitriles is 1. The highest BCUT2D eigenvalue weighted by molar-refractivity contribution is 5.26. The molecule has 0 radical (unpaired) electrons. The molecule has 4 fully saturated rings. The van der Waals surface area contributed by atoms with Gasteiger partial charge >= 0.3 is 0 Å². The smallest absolute Gasteiger partial charge is 0.0832 e. The number of nitrogens with zero attached hydrogens (tertiary/aromatic N) is 1. The highest BCUT2D eigenvalue weighted by Crippen LogP contribution is 2.67. The van der Waals surface area contributed by atoms with Crippen molar-refractivity contribution in [3.8, 4) is 6.07 Å². The van der Waals surface area contributed by atoms with Crippen LogP contribution in [0.25, 0.3) is 0 Å². The van der Waals surface area contributed by atoms with E-state index in [9.17, 15) is 15.5 Å². The molecule has 33 heavy (non-hydrogen) atoms. The molecule has 9 atom stereocenters. The molecule has 0 amide bonds. The van der Waals surface area contributed by atoms with Crippen molar-refractivity contribution in [2.24, 2.45) is 45.8 Å². The van der Waals surface area contributed by atoms with Gasteiger partial charge in [0.25, 0.3) is 0 Å². The summed E-state index contributed by atoms with van der Waals surface area (Å²) in [7, 11) is 0. The fourth-order valence-electron chi connectivity index (χ4n) is 9.76. The van der Waals surface area contributed by atoms with E-state index in [0.29, 0.717) is 16.7 Å². The van der Waals surface area contributed by atoms with Gasteiger partial charge in [0.05, 0.1) is 23.2 Å². The van der Waals surface area contributed by atoms with Crippen molar-refractivity contribution >= 4 is 0 Å². The molecule has 0 aromatic rings. The van der Waals surface area contributed by atoms with Gasteiger partial charge in [-0.25, -0.2) is 0 Å². The Balaban J connectivity index is 1.28. The summed E-state index contributed by atoms with van der Waals surface area (Å²) in [5, 5.41) is 31.1. The van der Waals surface area contributed by atoms with Crippen molar-refractivity contribution < 1.29 is 10.2 Å². The van der Waals surface area contributed by atoms with Crippen LogP contribution in [-0.4, -0.2) is 21.9 Å². The Bertz CT molecular complexity index is 835. The van der Waals surface area contributed by atoms with Gasteiger partial charge < -0.3 is 10.2 Å². The second-order valence-electron chi connectivity index (χ2n) is 13.9. The molecule has 0 saturated heterocycles. The predicted octanol–water partition coefficient (Wildman–Crippen LogP) is 6.79. The lowest BCUT2D eigenvalue weighted by molar-refractivity contribution is -0.0716. The Morgan fingerprint density at radius 3 is 2.45 bits per heavy atom. The Hall–Kier alpha value is -0.850. The first kappa shape index (κ1) is 23.9. The molecule has 2 N–H and O–H groups in total. The summed E-state index contributed by atoms with van der Waals surface area (Å²) in [4.78, 5) is 0. The fourth-order valence-corrected chi connectivity index (χ4v) is 9.76. The van der Waals surface area contributed by atoms with Crippen molar-refractivity contribution in [3.05, 3.63) is 11.6 Å². The molecule has 5 aliphatic carbocycles. The van der Waals surface area contributed by atoms with Crippen LogP contribution < -0.4 is 0 Å². The van der Waals surface area contributed by atoms with Gasteiger partial charge in [0.1, 0.15) is 0 Å².